The van der Waals surface area contributed by atoms with E-state index in [1.54, 1.807) is 6.07 Å². The van der Waals surface area contributed by atoms with Crippen molar-refractivity contribution in [3.05, 3.63) is 28.2 Å². The number of anilines is 1. The molecule has 0 saturated carbocycles. The second-order valence-corrected chi connectivity index (χ2v) is 4.79. The number of halogens is 2. The van der Waals surface area contributed by atoms with E-state index in [1.165, 1.54) is 0 Å². The topological polar surface area (TPSA) is 41.1 Å². The van der Waals surface area contributed by atoms with E-state index in [0.717, 1.165) is 5.69 Å². The number of carbonyl (C=O) groups is 1. The molecule has 0 aliphatic rings. The van der Waals surface area contributed by atoms with Crippen molar-refractivity contribution in [3.63, 3.8) is 0 Å². The number of hydrogen-bond acceptors (Lipinski definition) is 2. The fraction of sp³-hybridized carbons (Fsp3) is 0.417. The Balaban J connectivity index is 2.41. The van der Waals surface area contributed by atoms with Crippen LogP contribution < -0.4 is 10.6 Å². The van der Waals surface area contributed by atoms with Gasteiger partial charge in [0.2, 0.25) is 5.91 Å². The third kappa shape index (κ3) is 4.84. The number of hydrogen-bond donors (Lipinski definition) is 2. The van der Waals surface area contributed by atoms with Crippen LogP contribution in [0.3, 0.4) is 0 Å². The Kier molecular flexibility index (Phi) is 5.59. The van der Waals surface area contributed by atoms with E-state index in [0.29, 0.717) is 23.0 Å². The average molecular weight is 275 g/mol. The van der Waals surface area contributed by atoms with Gasteiger partial charge in [-0.3, -0.25) is 4.79 Å². The first kappa shape index (κ1) is 14.1. The first-order chi connectivity index (χ1) is 8.00. The van der Waals surface area contributed by atoms with Gasteiger partial charge in [-0.05, 0) is 26.0 Å². The Morgan fingerprint density at radius 2 is 2.06 bits per heavy atom. The minimum Gasteiger partial charge on any atom is -0.383 e. The number of nitrogens with one attached hydrogen (secondary N) is 2. The van der Waals surface area contributed by atoms with Gasteiger partial charge in [-0.2, -0.15) is 0 Å². The molecule has 0 unspecified atom stereocenters. The van der Waals surface area contributed by atoms with Crippen LogP contribution >= 0.6 is 23.2 Å². The molecule has 3 nitrogen and oxygen atoms in total. The lowest BCUT2D eigenvalue weighted by Gasteiger charge is -2.11. The van der Waals surface area contributed by atoms with Crippen molar-refractivity contribution >= 4 is 34.8 Å². The number of carbonyl (C=O) groups excluding carboxylic acids is 1. The van der Waals surface area contributed by atoms with E-state index < -0.39 is 0 Å². The summed E-state index contributed by atoms with van der Waals surface area (Å²) in [6.45, 7) is 4.39. The van der Waals surface area contributed by atoms with Gasteiger partial charge in [0.25, 0.3) is 0 Å². The molecule has 94 valence electrons. The molecule has 0 aliphatic heterocycles. The summed E-state index contributed by atoms with van der Waals surface area (Å²) in [5, 5.41) is 6.89. The first-order valence-electron chi connectivity index (χ1n) is 5.48. The van der Waals surface area contributed by atoms with Gasteiger partial charge in [0.05, 0.1) is 15.7 Å². The van der Waals surface area contributed by atoms with E-state index >= 15 is 0 Å². The maximum atomic E-state index is 11.4. The third-order valence-corrected chi connectivity index (χ3v) is 2.89. The van der Waals surface area contributed by atoms with Crippen LogP contribution in [0, 0.1) is 0 Å². The summed E-state index contributed by atoms with van der Waals surface area (Å²) >= 11 is 11.9. The van der Waals surface area contributed by atoms with Crippen LogP contribution in [0.5, 0.6) is 0 Å². The van der Waals surface area contributed by atoms with E-state index in [-0.39, 0.29) is 11.9 Å². The standard InChI is InChI=1S/C12H16Cl2N2O/c1-8(2)16-11(17)6-7-15-10-5-3-4-9(13)12(10)14/h3-5,8,15H,6-7H2,1-2H3,(H,16,17). The Morgan fingerprint density at radius 3 is 2.71 bits per heavy atom. The van der Waals surface area contributed by atoms with Gasteiger partial charge < -0.3 is 10.6 Å². The zero-order valence-corrected chi connectivity index (χ0v) is 11.4. The molecule has 1 rings (SSSR count). The van der Waals surface area contributed by atoms with Crippen molar-refractivity contribution in [2.45, 2.75) is 26.3 Å². The van der Waals surface area contributed by atoms with Crippen molar-refractivity contribution in [1.82, 2.24) is 5.32 Å². The van der Waals surface area contributed by atoms with Crippen LogP contribution in [0.1, 0.15) is 20.3 Å². The molecule has 17 heavy (non-hydrogen) atoms. The summed E-state index contributed by atoms with van der Waals surface area (Å²) in [5.74, 6) is 0.0191. The van der Waals surface area contributed by atoms with Gasteiger partial charge in [-0.25, -0.2) is 0 Å². The molecule has 0 spiro atoms. The Morgan fingerprint density at radius 1 is 1.35 bits per heavy atom. The zero-order valence-electron chi connectivity index (χ0n) is 9.89. The quantitative estimate of drug-likeness (QED) is 0.865. The molecule has 5 heteroatoms. The Labute approximate surface area is 111 Å². The van der Waals surface area contributed by atoms with Crippen LogP contribution in [-0.4, -0.2) is 18.5 Å². The minimum absolute atomic E-state index is 0.0191. The Hall–Kier alpha value is -0.930. The lowest BCUT2D eigenvalue weighted by Crippen LogP contribution is -2.31. The summed E-state index contributed by atoms with van der Waals surface area (Å²) in [7, 11) is 0. The van der Waals surface area contributed by atoms with Crippen LogP contribution in [0.2, 0.25) is 10.0 Å². The molecule has 0 aromatic heterocycles. The lowest BCUT2D eigenvalue weighted by molar-refractivity contribution is -0.121. The predicted molar refractivity (Wildman–Crippen MR) is 72.8 cm³/mol. The zero-order chi connectivity index (χ0) is 12.8. The molecule has 0 heterocycles. The number of amides is 1. The molecule has 1 aromatic carbocycles. The highest BCUT2D eigenvalue weighted by Crippen LogP contribution is 2.29. The second kappa shape index (κ2) is 6.72. The molecule has 2 N–H and O–H groups in total. The van der Waals surface area contributed by atoms with Crippen molar-refractivity contribution in [2.24, 2.45) is 0 Å². The van der Waals surface area contributed by atoms with Crippen LogP contribution in [0.25, 0.3) is 0 Å². The fourth-order valence-electron chi connectivity index (χ4n) is 1.35. The molecular formula is C12H16Cl2N2O. The highest BCUT2D eigenvalue weighted by Gasteiger charge is 2.05. The fourth-order valence-corrected chi connectivity index (χ4v) is 1.71. The number of rotatable bonds is 5. The molecule has 1 amide bonds. The van der Waals surface area contributed by atoms with Gasteiger partial charge in [-0.1, -0.05) is 29.3 Å². The SMILES string of the molecule is CC(C)NC(=O)CCNc1cccc(Cl)c1Cl. The normalized spacial score (nSPS) is 10.4. The molecule has 0 radical (unpaired) electrons. The van der Waals surface area contributed by atoms with Gasteiger partial charge in [0.1, 0.15) is 0 Å². The molecular weight excluding hydrogens is 259 g/mol. The van der Waals surface area contributed by atoms with Gasteiger partial charge in [0, 0.05) is 19.0 Å². The maximum Gasteiger partial charge on any atom is 0.221 e. The monoisotopic (exact) mass is 274 g/mol. The maximum absolute atomic E-state index is 11.4. The summed E-state index contributed by atoms with van der Waals surface area (Å²) in [6.07, 6.45) is 0.404. The highest BCUT2D eigenvalue weighted by atomic mass is 35.5. The smallest absolute Gasteiger partial charge is 0.221 e. The molecule has 0 aliphatic carbocycles. The lowest BCUT2D eigenvalue weighted by atomic mass is 10.3. The molecule has 0 bridgehead atoms. The van der Waals surface area contributed by atoms with Crippen molar-refractivity contribution in [2.75, 3.05) is 11.9 Å². The van der Waals surface area contributed by atoms with E-state index in [1.807, 2.05) is 26.0 Å². The van der Waals surface area contributed by atoms with Crippen LogP contribution in [0.15, 0.2) is 18.2 Å². The average Bonchev–Trinajstić information content (AvgIpc) is 2.23. The first-order valence-corrected chi connectivity index (χ1v) is 6.23. The predicted octanol–water partition coefficient (Wildman–Crippen LogP) is 3.32. The summed E-state index contributed by atoms with van der Waals surface area (Å²) < 4.78 is 0. The summed E-state index contributed by atoms with van der Waals surface area (Å²) in [4.78, 5) is 11.4. The largest absolute Gasteiger partial charge is 0.383 e. The summed E-state index contributed by atoms with van der Waals surface area (Å²) in [6, 6.07) is 5.53. The molecule has 0 atom stereocenters. The molecule has 1 aromatic rings. The van der Waals surface area contributed by atoms with Gasteiger partial charge in [-0.15, -0.1) is 0 Å². The molecule has 0 fully saturated rings. The minimum atomic E-state index is 0.0191. The molecule has 0 saturated heterocycles. The van der Waals surface area contributed by atoms with E-state index in [9.17, 15) is 4.79 Å². The number of benzene rings is 1. The van der Waals surface area contributed by atoms with E-state index in [4.69, 9.17) is 23.2 Å². The third-order valence-electron chi connectivity index (χ3n) is 2.07. The van der Waals surface area contributed by atoms with Crippen molar-refractivity contribution in [3.8, 4) is 0 Å². The Bertz CT molecular complexity index is 394. The summed E-state index contributed by atoms with van der Waals surface area (Å²) in [5.41, 5.74) is 0.747. The van der Waals surface area contributed by atoms with Gasteiger partial charge >= 0.3 is 0 Å². The second-order valence-electron chi connectivity index (χ2n) is 4.00. The van der Waals surface area contributed by atoms with Crippen LogP contribution in [-0.2, 0) is 4.79 Å². The van der Waals surface area contributed by atoms with Crippen molar-refractivity contribution < 1.29 is 4.79 Å². The van der Waals surface area contributed by atoms with E-state index in [2.05, 4.69) is 10.6 Å². The van der Waals surface area contributed by atoms with Gasteiger partial charge in [0.15, 0.2) is 0 Å². The van der Waals surface area contributed by atoms with Crippen molar-refractivity contribution in [1.29, 1.82) is 0 Å². The highest BCUT2D eigenvalue weighted by molar-refractivity contribution is 6.43. The van der Waals surface area contributed by atoms with Crippen LogP contribution in [0.4, 0.5) is 5.69 Å².